The maximum Gasteiger partial charge on any atom is 0.326 e. The highest BCUT2D eigenvalue weighted by Gasteiger charge is 2.22. The molecule has 0 aliphatic rings. The molecule has 4 aromatic rings. The molecular weight excluding hydrogens is 821 g/mol. The van der Waals surface area contributed by atoms with Gasteiger partial charge in [0.15, 0.2) is 17.0 Å². The molecule has 0 fully saturated rings. The lowest BCUT2D eigenvalue weighted by Crippen LogP contribution is -2.41. The van der Waals surface area contributed by atoms with Crippen LogP contribution in [0, 0.1) is 0 Å². The van der Waals surface area contributed by atoms with Crippen LogP contribution in [0.15, 0.2) is 59.5 Å². The Labute approximate surface area is 361 Å². The molecule has 1 atom stereocenters. The van der Waals surface area contributed by atoms with E-state index in [1.54, 1.807) is 36.2 Å². The fourth-order valence-corrected chi connectivity index (χ4v) is 5.89. The number of hydrogen-bond acceptors (Lipinski definition) is 15. The van der Waals surface area contributed by atoms with Gasteiger partial charge in [-0.15, -0.1) is 0 Å². The highest BCUT2D eigenvalue weighted by Crippen LogP contribution is 2.22. The number of rotatable bonds is 27. The molecule has 336 valence electrons. The van der Waals surface area contributed by atoms with E-state index in [2.05, 4.69) is 41.2 Å². The lowest BCUT2D eigenvalue weighted by atomic mass is 10.0. The number of carbonyl (C=O) groups is 7. The highest BCUT2D eigenvalue weighted by molar-refractivity contribution is 5.98. The molecule has 4 amide bonds. The summed E-state index contributed by atoms with van der Waals surface area (Å²) in [5.74, 6) is -2.82. The number of hydrogen-bond donors (Lipinski definition) is 7. The molecule has 0 spiro atoms. The van der Waals surface area contributed by atoms with Crippen molar-refractivity contribution in [3.63, 3.8) is 0 Å². The first kappa shape index (κ1) is 48.5. The third-order valence-electron chi connectivity index (χ3n) is 9.24. The molecule has 21 heteroatoms. The van der Waals surface area contributed by atoms with Gasteiger partial charge in [-0.1, -0.05) is 12.1 Å². The number of nitrogens with two attached hydrogens (primary N) is 1. The van der Waals surface area contributed by atoms with Gasteiger partial charge in [0.05, 0.1) is 39.0 Å². The van der Waals surface area contributed by atoms with Crippen molar-refractivity contribution in [1.82, 2.24) is 35.9 Å². The summed E-state index contributed by atoms with van der Waals surface area (Å²) in [7, 11) is 1.68. The van der Waals surface area contributed by atoms with Gasteiger partial charge >= 0.3 is 5.97 Å². The molecule has 0 saturated carbocycles. The second kappa shape index (κ2) is 25.0. The third-order valence-corrected chi connectivity index (χ3v) is 9.24. The topological polar surface area (TPSA) is 307 Å². The van der Waals surface area contributed by atoms with Gasteiger partial charge in [0, 0.05) is 62.8 Å². The summed E-state index contributed by atoms with van der Waals surface area (Å²) < 4.78 is 10.9. The summed E-state index contributed by atoms with van der Waals surface area (Å²) in [6.07, 6.45) is 2.53. The molecule has 2 aromatic heterocycles. The normalized spacial score (nSPS) is 11.3. The van der Waals surface area contributed by atoms with Crippen LogP contribution >= 0.6 is 0 Å². The monoisotopic (exact) mass is 872 g/mol. The SMILES string of the molecule is CC(=O)CC(=O)CCc1ccc(NC(=O)CCCC(=O)NCCOCCOCCNC(=O)CCC(NC(=O)c2ccc(N(C)c3cnc4nc(N)[nH]c(=O)c4n3)cc2)C(=O)O)cc1. The van der Waals surface area contributed by atoms with E-state index < -0.39 is 29.4 Å². The molecule has 21 nitrogen and oxygen atoms in total. The van der Waals surface area contributed by atoms with Crippen LogP contribution in [0.3, 0.4) is 0 Å². The number of Topliss-reactive ketones (excluding diaryl/α,β-unsaturated/α-hetero) is 2. The van der Waals surface area contributed by atoms with Gasteiger partial charge in [-0.25, -0.2) is 14.8 Å². The number of ketones is 2. The Balaban J connectivity index is 1.00. The maximum absolute atomic E-state index is 12.9. The van der Waals surface area contributed by atoms with Crippen LogP contribution < -0.4 is 37.5 Å². The van der Waals surface area contributed by atoms with Gasteiger partial charge in [0.1, 0.15) is 17.6 Å². The molecular formula is C42H52N10O11. The van der Waals surface area contributed by atoms with Crippen molar-refractivity contribution in [3.05, 3.63) is 76.2 Å². The van der Waals surface area contributed by atoms with Crippen molar-refractivity contribution in [2.24, 2.45) is 0 Å². The number of carboxylic acids is 1. The van der Waals surface area contributed by atoms with E-state index in [1.165, 1.54) is 25.3 Å². The molecule has 2 heterocycles. The number of aromatic nitrogens is 4. The summed E-state index contributed by atoms with van der Waals surface area (Å²) in [4.78, 5) is 113. The summed E-state index contributed by atoms with van der Waals surface area (Å²) in [5, 5.41) is 20.3. The van der Waals surface area contributed by atoms with E-state index in [-0.39, 0.29) is 124 Å². The van der Waals surface area contributed by atoms with E-state index in [4.69, 9.17) is 15.2 Å². The predicted octanol–water partition coefficient (Wildman–Crippen LogP) is 1.58. The Bertz CT molecular complexity index is 2290. The first-order chi connectivity index (χ1) is 30.2. The van der Waals surface area contributed by atoms with Crippen molar-refractivity contribution < 1.29 is 48.1 Å². The number of H-pyrrole nitrogens is 1. The minimum atomic E-state index is -1.32. The molecule has 0 radical (unpaired) electrons. The number of benzene rings is 2. The summed E-state index contributed by atoms with van der Waals surface area (Å²) in [6, 6.07) is 12.0. The molecule has 4 rings (SSSR count). The van der Waals surface area contributed by atoms with Crippen molar-refractivity contribution in [3.8, 4) is 0 Å². The molecule has 1 unspecified atom stereocenters. The molecule has 0 bridgehead atoms. The highest BCUT2D eigenvalue weighted by atomic mass is 16.5. The van der Waals surface area contributed by atoms with Crippen LogP contribution in [0.5, 0.6) is 0 Å². The number of carbonyl (C=O) groups excluding carboxylic acids is 6. The van der Waals surface area contributed by atoms with Crippen LogP contribution in [0.25, 0.3) is 11.2 Å². The zero-order chi connectivity index (χ0) is 45.7. The number of nitrogens with zero attached hydrogens (tertiary/aromatic N) is 4. The van der Waals surface area contributed by atoms with Crippen molar-refractivity contribution in [1.29, 1.82) is 0 Å². The van der Waals surface area contributed by atoms with Gasteiger partial charge in [0.2, 0.25) is 23.7 Å². The van der Waals surface area contributed by atoms with E-state index in [0.29, 0.717) is 30.0 Å². The number of aromatic amines is 1. The van der Waals surface area contributed by atoms with Gasteiger partial charge in [0.25, 0.3) is 11.5 Å². The summed E-state index contributed by atoms with van der Waals surface area (Å²) in [5.41, 5.74) is 7.40. The lowest BCUT2D eigenvalue weighted by molar-refractivity contribution is -0.139. The maximum atomic E-state index is 12.9. The number of nitrogens with one attached hydrogen (secondary N) is 5. The number of anilines is 4. The summed E-state index contributed by atoms with van der Waals surface area (Å²) >= 11 is 0. The van der Waals surface area contributed by atoms with E-state index >= 15 is 0 Å². The van der Waals surface area contributed by atoms with Crippen LogP contribution in [0.4, 0.5) is 23.1 Å². The molecule has 0 aliphatic carbocycles. The largest absolute Gasteiger partial charge is 0.480 e. The minimum absolute atomic E-state index is 0.000649. The number of aliphatic carboxylic acids is 1. The standard InChI is InChI=1S/C42H52N10O11/c1-26(53)24-31(54)15-8-27-6-11-29(12-7-27)47-36(57)5-3-4-34(55)44-18-20-62-22-23-63-21-19-45-35(56)17-16-32(41(60)61)48-39(58)28-9-13-30(14-10-28)52(2)33-25-46-38-37(49-33)40(59)51-42(43)50-38/h6-7,9-14,25,32H,3-5,8,15-24H2,1-2H3,(H,44,55)(H,45,56)(H,47,57)(H,48,58)(H,60,61)(H3,43,46,50,51,59). The number of amides is 4. The number of nitrogen functional groups attached to an aromatic ring is 1. The lowest BCUT2D eigenvalue weighted by Gasteiger charge is -2.19. The fraction of sp³-hybridized carbons (Fsp3) is 0.405. The van der Waals surface area contributed by atoms with Crippen molar-refractivity contribution in [2.75, 3.05) is 62.5 Å². The second-order valence-corrected chi connectivity index (χ2v) is 14.3. The van der Waals surface area contributed by atoms with Gasteiger partial charge in [-0.05, 0) is 68.1 Å². The molecule has 8 N–H and O–H groups in total. The average Bonchev–Trinajstić information content (AvgIpc) is 3.24. The number of aryl methyl sites for hydroxylation is 1. The van der Waals surface area contributed by atoms with E-state index in [1.807, 2.05) is 12.1 Å². The first-order valence-electron chi connectivity index (χ1n) is 20.2. The predicted molar refractivity (Wildman–Crippen MR) is 230 cm³/mol. The minimum Gasteiger partial charge on any atom is -0.480 e. The number of fused-ring (bicyclic) bond motifs is 1. The molecule has 0 saturated heterocycles. The van der Waals surface area contributed by atoms with Crippen molar-refractivity contribution in [2.45, 2.75) is 64.3 Å². The Morgan fingerprint density at radius 3 is 2.10 bits per heavy atom. The van der Waals surface area contributed by atoms with Crippen LogP contribution in [-0.4, -0.2) is 119 Å². The molecule has 0 aliphatic heterocycles. The zero-order valence-electron chi connectivity index (χ0n) is 35.1. The summed E-state index contributed by atoms with van der Waals surface area (Å²) in [6.45, 7) is 2.74. The Morgan fingerprint density at radius 1 is 0.825 bits per heavy atom. The van der Waals surface area contributed by atoms with Crippen LogP contribution in [-0.2, 0) is 44.7 Å². The number of carboxylic acid groups (broad SMARTS) is 1. The Morgan fingerprint density at radius 2 is 1.46 bits per heavy atom. The molecule has 2 aromatic carbocycles. The zero-order valence-corrected chi connectivity index (χ0v) is 35.1. The average molecular weight is 873 g/mol. The third kappa shape index (κ3) is 17.0. The van der Waals surface area contributed by atoms with Crippen LogP contribution in [0.1, 0.15) is 67.8 Å². The van der Waals surface area contributed by atoms with E-state index in [9.17, 15) is 43.5 Å². The fourth-order valence-electron chi connectivity index (χ4n) is 5.89. The smallest absolute Gasteiger partial charge is 0.326 e. The number of ether oxygens (including phenoxy) is 2. The quantitative estimate of drug-likeness (QED) is 0.0330. The first-order valence-corrected chi connectivity index (χ1v) is 20.2. The Kier molecular flexibility index (Phi) is 19.2. The van der Waals surface area contributed by atoms with Gasteiger partial charge < -0.3 is 46.5 Å². The van der Waals surface area contributed by atoms with Gasteiger partial charge in [-0.3, -0.25) is 38.5 Å². The molecule has 63 heavy (non-hydrogen) atoms. The van der Waals surface area contributed by atoms with Gasteiger partial charge in [-0.2, -0.15) is 4.98 Å². The Hall–Kier alpha value is -7.13. The van der Waals surface area contributed by atoms with E-state index in [0.717, 1.165) is 5.56 Å². The van der Waals surface area contributed by atoms with Crippen molar-refractivity contribution >= 4 is 75.5 Å². The van der Waals surface area contributed by atoms with Crippen LogP contribution in [0.2, 0.25) is 0 Å². The second-order valence-electron chi connectivity index (χ2n) is 14.3.